The standard InChI is InChI=1S/C15H15ClN2O3/c1-17(10-11-6-8-12(21-2)9-7-11)14-5-3-4-13(16)15(14)18(19)20/h3-9H,10H2,1-2H3. The van der Waals surface area contributed by atoms with Crippen molar-refractivity contribution in [3.05, 3.63) is 63.2 Å². The van der Waals surface area contributed by atoms with Gasteiger partial charge in [-0.2, -0.15) is 0 Å². The highest BCUT2D eigenvalue weighted by atomic mass is 35.5. The van der Waals surface area contributed by atoms with Gasteiger partial charge in [-0.05, 0) is 29.8 Å². The highest BCUT2D eigenvalue weighted by molar-refractivity contribution is 6.33. The largest absolute Gasteiger partial charge is 0.497 e. The van der Waals surface area contributed by atoms with Crippen molar-refractivity contribution in [2.75, 3.05) is 19.1 Å². The second-order valence-electron chi connectivity index (χ2n) is 4.57. The Bertz CT molecular complexity index is 644. The average molecular weight is 307 g/mol. The van der Waals surface area contributed by atoms with Gasteiger partial charge in [-0.3, -0.25) is 10.1 Å². The predicted molar refractivity (Wildman–Crippen MR) is 83.2 cm³/mol. The van der Waals surface area contributed by atoms with Crippen LogP contribution in [0.3, 0.4) is 0 Å². The quantitative estimate of drug-likeness (QED) is 0.621. The van der Waals surface area contributed by atoms with E-state index >= 15 is 0 Å². The molecule has 110 valence electrons. The molecule has 0 aliphatic carbocycles. The van der Waals surface area contributed by atoms with Crippen molar-refractivity contribution in [2.24, 2.45) is 0 Å². The zero-order valence-corrected chi connectivity index (χ0v) is 12.5. The van der Waals surface area contributed by atoms with Crippen molar-refractivity contribution in [3.63, 3.8) is 0 Å². The van der Waals surface area contributed by atoms with E-state index in [0.29, 0.717) is 12.2 Å². The van der Waals surface area contributed by atoms with Crippen LogP contribution < -0.4 is 9.64 Å². The third-order valence-corrected chi connectivity index (χ3v) is 3.44. The van der Waals surface area contributed by atoms with Gasteiger partial charge in [0.25, 0.3) is 0 Å². The van der Waals surface area contributed by atoms with Gasteiger partial charge < -0.3 is 9.64 Å². The topological polar surface area (TPSA) is 55.6 Å². The third kappa shape index (κ3) is 3.44. The molecule has 0 amide bonds. The minimum Gasteiger partial charge on any atom is -0.497 e. The zero-order chi connectivity index (χ0) is 15.4. The van der Waals surface area contributed by atoms with E-state index in [4.69, 9.17) is 16.3 Å². The summed E-state index contributed by atoms with van der Waals surface area (Å²) in [4.78, 5) is 12.5. The minimum atomic E-state index is -0.456. The fraction of sp³-hybridized carbons (Fsp3) is 0.200. The van der Waals surface area contributed by atoms with Crippen LogP contribution in [0.1, 0.15) is 5.56 Å². The zero-order valence-electron chi connectivity index (χ0n) is 11.7. The Labute approximate surface area is 127 Å². The summed E-state index contributed by atoms with van der Waals surface area (Å²) in [5.74, 6) is 0.773. The van der Waals surface area contributed by atoms with E-state index in [2.05, 4.69) is 0 Å². The van der Waals surface area contributed by atoms with Crippen LogP contribution in [0.25, 0.3) is 0 Å². The maximum Gasteiger partial charge on any atom is 0.310 e. The van der Waals surface area contributed by atoms with Crippen LogP contribution in [-0.4, -0.2) is 19.1 Å². The average Bonchev–Trinajstić information content (AvgIpc) is 2.47. The summed E-state index contributed by atoms with van der Waals surface area (Å²) < 4.78 is 5.10. The molecule has 2 aromatic carbocycles. The molecule has 2 rings (SSSR count). The predicted octanol–water partition coefficient (Wildman–Crippen LogP) is 3.89. The molecule has 0 heterocycles. The number of nitrogens with zero attached hydrogens (tertiary/aromatic N) is 2. The number of anilines is 1. The van der Waals surface area contributed by atoms with Crippen LogP contribution in [0.2, 0.25) is 5.02 Å². The number of halogens is 1. The van der Waals surface area contributed by atoms with Crippen LogP contribution in [0.15, 0.2) is 42.5 Å². The number of ether oxygens (including phenoxy) is 1. The first kappa shape index (κ1) is 15.1. The van der Waals surface area contributed by atoms with Crippen LogP contribution in [0.5, 0.6) is 5.75 Å². The molecule has 0 N–H and O–H groups in total. The van der Waals surface area contributed by atoms with E-state index in [1.165, 1.54) is 6.07 Å². The highest BCUT2D eigenvalue weighted by Crippen LogP contribution is 2.35. The number of para-hydroxylation sites is 1. The molecule has 0 aromatic heterocycles. The molecular weight excluding hydrogens is 292 g/mol. The molecule has 0 aliphatic rings. The number of benzene rings is 2. The Hall–Kier alpha value is -2.27. The first-order valence-electron chi connectivity index (χ1n) is 6.30. The van der Waals surface area contributed by atoms with Gasteiger partial charge in [-0.25, -0.2) is 0 Å². The normalized spacial score (nSPS) is 10.2. The Morgan fingerprint density at radius 3 is 2.48 bits per heavy atom. The lowest BCUT2D eigenvalue weighted by atomic mass is 10.2. The molecule has 0 aliphatic heterocycles. The van der Waals surface area contributed by atoms with Gasteiger partial charge in [0, 0.05) is 13.6 Å². The van der Waals surface area contributed by atoms with Gasteiger partial charge in [0.15, 0.2) is 0 Å². The lowest BCUT2D eigenvalue weighted by Gasteiger charge is -2.19. The molecule has 0 spiro atoms. The van der Waals surface area contributed by atoms with E-state index in [1.807, 2.05) is 24.3 Å². The van der Waals surface area contributed by atoms with Crippen molar-refractivity contribution in [3.8, 4) is 5.75 Å². The van der Waals surface area contributed by atoms with Crippen LogP contribution in [0, 0.1) is 10.1 Å². The number of nitro groups is 1. The number of methoxy groups -OCH3 is 1. The molecule has 0 radical (unpaired) electrons. The summed E-state index contributed by atoms with van der Waals surface area (Å²) >= 11 is 5.93. The minimum absolute atomic E-state index is 0.0739. The van der Waals surface area contributed by atoms with E-state index < -0.39 is 4.92 Å². The molecule has 0 saturated carbocycles. The Morgan fingerprint density at radius 2 is 1.90 bits per heavy atom. The van der Waals surface area contributed by atoms with E-state index in [1.54, 1.807) is 31.2 Å². The summed E-state index contributed by atoms with van der Waals surface area (Å²) in [5.41, 5.74) is 1.44. The summed E-state index contributed by atoms with van der Waals surface area (Å²) in [6.45, 7) is 0.533. The molecule has 6 heteroatoms. The van der Waals surface area contributed by atoms with Gasteiger partial charge in [0.2, 0.25) is 0 Å². The number of hydrogen-bond acceptors (Lipinski definition) is 4. The second-order valence-corrected chi connectivity index (χ2v) is 4.98. The Balaban J connectivity index is 2.25. The van der Waals surface area contributed by atoms with Crippen LogP contribution >= 0.6 is 11.6 Å². The summed E-state index contributed by atoms with van der Waals surface area (Å²) in [7, 11) is 3.40. The van der Waals surface area contributed by atoms with Crippen LogP contribution in [0.4, 0.5) is 11.4 Å². The van der Waals surface area contributed by atoms with Gasteiger partial charge in [0.05, 0.1) is 12.0 Å². The van der Waals surface area contributed by atoms with Gasteiger partial charge in [-0.15, -0.1) is 0 Å². The first-order valence-corrected chi connectivity index (χ1v) is 6.67. The van der Waals surface area contributed by atoms with Crippen molar-refractivity contribution < 1.29 is 9.66 Å². The molecule has 0 saturated heterocycles. The number of nitro benzene ring substituents is 1. The fourth-order valence-electron chi connectivity index (χ4n) is 2.08. The smallest absolute Gasteiger partial charge is 0.310 e. The summed E-state index contributed by atoms with van der Waals surface area (Å²) in [5, 5.41) is 11.3. The fourth-order valence-corrected chi connectivity index (χ4v) is 2.32. The van der Waals surface area contributed by atoms with Gasteiger partial charge >= 0.3 is 5.69 Å². The molecular formula is C15H15ClN2O3. The second kappa shape index (κ2) is 6.45. The molecule has 0 unspecified atom stereocenters. The maximum atomic E-state index is 11.2. The maximum absolute atomic E-state index is 11.2. The summed E-state index contributed by atoms with van der Waals surface area (Å²) in [6.07, 6.45) is 0. The van der Waals surface area contributed by atoms with Gasteiger partial charge in [0.1, 0.15) is 16.5 Å². The molecule has 21 heavy (non-hydrogen) atoms. The van der Waals surface area contributed by atoms with Crippen LogP contribution in [-0.2, 0) is 6.54 Å². The SMILES string of the molecule is COc1ccc(CN(C)c2cccc(Cl)c2[N+](=O)[O-])cc1. The first-order chi connectivity index (χ1) is 10.0. The van der Waals surface area contributed by atoms with Crippen molar-refractivity contribution in [1.29, 1.82) is 0 Å². The van der Waals surface area contributed by atoms with E-state index in [9.17, 15) is 10.1 Å². The lowest BCUT2D eigenvalue weighted by molar-refractivity contribution is -0.384. The Kier molecular flexibility index (Phi) is 4.65. The molecule has 0 fully saturated rings. The molecule has 0 atom stereocenters. The lowest BCUT2D eigenvalue weighted by Crippen LogP contribution is -2.17. The van der Waals surface area contributed by atoms with E-state index in [0.717, 1.165) is 11.3 Å². The van der Waals surface area contributed by atoms with Gasteiger partial charge in [-0.1, -0.05) is 29.8 Å². The Morgan fingerprint density at radius 1 is 1.24 bits per heavy atom. The van der Waals surface area contributed by atoms with E-state index in [-0.39, 0.29) is 10.7 Å². The third-order valence-electron chi connectivity index (χ3n) is 3.14. The molecule has 2 aromatic rings. The van der Waals surface area contributed by atoms with Crippen molar-refractivity contribution >= 4 is 23.0 Å². The molecule has 5 nitrogen and oxygen atoms in total. The monoisotopic (exact) mass is 306 g/mol. The van der Waals surface area contributed by atoms with Crippen molar-refractivity contribution in [2.45, 2.75) is 6.54 Å². The van der Waals surface area contributed by atoms with Crippen molar-refractivity contribution in [1.82, 2.24) is 0 Å². The summed E-state index contributed by atoms with van der Waals surface area (Å²) in [6, 6.07) is 12.5. The number of hydrogen-bond donors (Lipinski definition) is 0. The highest BCUT2D eigenvalue weighted by Gasteiger charge is 2.21. The molecule has 0 bridgehead atoms. The number of rotatable bonds is 5.